The molecule has 0 fully saturated rings. The molecule has 0 aromatic heterocycles. The van der Waals surface area contributed by atoms with Crippen molar-refractivity contribution in [2.45, 2.75) is 81.9 Å². The number of benzene rings is 2. The van der Waals surface area contributed by atoms with Gasteiger partial charge in [-0.2, -0.15) is 26.2 Å². The number of hydrogen-bond donors (Lipinski definition) is 0. The highest BCUT2D eigenvalue weighted by Gasteiger charge is 2.56. The highest BCUT2D eigenvalue weighted by atomic mass is 32.2. The summed E-state index contributed by atoms with van der Waals surface area (Å²) in [5.74, 6) is 0.0429. The van der Waals surface area contributed by atoms with E-state index >= 15 is 0 Å². The maximum atomic E-state index is 14.0. The van der Waals surface area contributed by atoms with Crippen LogP contribution in [0.2, 0.25) is 0 Å². The molecule has 48 heavy (non-hydrogen) atoms. The quantitative estimate of drug-likeness (QED) is 0.186. The lowest BCUT2D eigenvalue weighted by Crippen LogP contribution is -2.45. The second kappa shape index (κ2) is 9.75. The van der Waals surface area contributed by atoms with E-state index < -0.39 is 27.8 Å². The molecule has 250 valence electrons. The van der Waals surface area contributed by atoms with Gasteiger partial charge in [-0.3, -0.25) is 0 Å². The minimum atomic E-state index is -5.95. The summed E-state index contributed by atoms with van der Waals surface area (Å²) in [7, 11) is -5.95. The minimum Gasteiger partial charge on any atom is -0.375 e. The van der Waals surface area contributed by atoms with Gasteiger partial charge in [-0.25, -0.2) is 0 Å². The lowest BCUT2D eigenvalue weighted by Gasteiger charge is -2.45. The van der Waals surface area contributed by atoms with E-state index in [0.29, 0.717) is 24.0 Å². The molecule has 2 aromatic carbocycles. The molecule has 5 heterocycles. The minimum absolute atomic E-state index is 0.131. The summed E-state index contributed by atoms with van der Waals surface area (Å²) in [6.07, 6.45) is 5.51. The van der Waals surface area contributed by atoms with Crippen LogP contribution in [0.15, 0.2) is 94.4 Å². The average molecular weight is 676 g/mol. The van der Waals surface area contributed by atoms with E-state index in [2.05, 4.69) is 61.4 Å². The number of rotatable bonds is 2. The Bertz CT molecular complexity index is 2080. The van der Waals surface area contributed by atoms with Crippen molar-refractivity contribution in [2.75, 3.05) is 18.0 Å². The summed E-state index contributed by atoms with van der Waals surface area (Å²) >= 11 is 0. The Labute approximate surface area is 279 Å². The first kappa shape index (κ1) is 30.4. The van der Waals surface area contributed by atoms with E-state index in [1.54, 1.807) is 0 Å². The summed E-state index contributed by atoms with van der Waals surface area (Å²) in [5.41, 5.74) is 3.44. The third-order valence-corrected chi connectivity index (χ3v) is 12.9. The zero-order valence-electron chi connectivity index (χ0n) is 27.4. The molecular weight excluding hydrogens is 637 g/mol. The second-order valence-electron chi connectivity index (χ2n) is 15.3. The van der Waals surface area contributed by atoms with Gasteiger partial charge in [0.05, 0.1) is 17.6 Å². The monoisotopic (exact) mass is 675 g/mol. The lowest BCUT2D eigenvalue weighted by atomic mass is 9.68. The van der Waals surface area contributed by atoms with Gasteiger partial charge in [0.15, 0.2) is 11.5 Å². The zero-order valence-corrected chi connectivity index (χ0v) is 28.2. The number of anilines is 1. The van der Waals surface area contributed by atoms with Crippen LogP contribution in [-0.2, 0) is 29.9 Å². The number of para-hydroxylation sites is 2. The third-order valence-electron chi connectivity index (χ3n) is 11.9. The standard InChI is InChI=1S/C38H38F3N2O4S/c1-36(2)27-9-5-7-11-29(27)42-15-13-21-17-31-25(19-23(21)34(36)42)33(47-48(44,45)38(39,40)41)26-20-24-22(18-32(26)46-31)14-16-43-30-12-8-6-10-28(30)37(3,4)35(24)43/h5-12,19-22,31-32H,13-18H2,1-4H3/q+1/t21-,22+,31+,32?/m1/s1. The van der Waals surface area contributed by atoms with Gasteiger partial charge in [-0.1, -0.05) is 50.2 Å². The van der Waals surface area contributed by atoms with Crippen molar-refractivity contribution >= 4 is 27.2 Å². The fourth-order valence-corrected chi connectivity index (χ4v) is 10.4. The molecule has 0 bridgehead atoms. The maximum Gasteiger partial charge on any atom is 0.534 e. The van der Waals surface area contributed by atoms with E-state index in [0.717, 1.165) is 59.9 Å². The first-order chi connectivity index (χ1) is 22.7. The molecule has 2 aliphatic carbocycles. The number of fused-ring (bicyclic) bond motifs is 10. The third kappa shape index (κ3) is 4.02. The van der Waals surface area contributed by atoms with Gasteiger partial charge in [0.2, 0.25) is 5.69 Å². The molecular formula is C38H38F3N2O4S+. The van der Waals surface area contributed by atoms with E-state index in [1.807, 2.05) is 36.4 Å². The van der Waals surface area contributed by atoms with Crippen molar-refractivity contribution in [3.05, 3.63) is 106 Å². The van der Waals surface area contributed by atoms with Crippen LogP contribution >= 0.6 is 0 Å². The molecule has 10 heteroatoms. The molecule has 0 spiro atoms. The van der Waals surface area contributed by atoms with Crippen molar-refractivity contribution in [2.24, 2.45) is 11.8 Å². The van der Waals surface area contributed by atoms with Crippen LogP contribution in [0.3, 0.4) is 0 Å². The Hall–Kier alpha value is -3.63. The molecule has 5 aliphatic heterocycles. The van der Waals surface area contributed by atoms with Gasteiger partial charge in [-0.15, -0.1) is 0 Å². The molecule has 2 aromatic rings. The first-order valence-electron chi connectivity index (χ1n) is 16.9. The van der Waals surface area contributed by atoms with Crippen LogP contribution in [0.4, 0.5) is 24.5 Å². The lowest BCUT2D eigenvalue weighted by molar-refractivity contribution is -0.444. The Morgan fingerprint density at radius 2 is 1.54 bits per heavy atom. The molecule has 7 aliphatic rings. The molecule has 6 nitrogen and oxygen atoms in total. The van der Waals surface area contributed by atoms with Gasteiger partial charge in [-0.05, 0) is 74.3 Å². The van der Waals surface area contributed by atoms with Gasteiger partial charge in [0, 0.05) is 58.1 Å². The normalized spacial score (nSPS) is 29.4. The molecule has 0 amide bonds. The summed E-state index contributed by atoms with van der Waals surface area (Å²) < 4.78 is 82.0. The van der Waals surface area contributed by atoms with Crippen LogP contribution in [0.25, 0.3) is 0 Å². The fraction of sp³-hybridized carbons (Fsp3) is 0.447. The van der Waals surface area contributed by atoms with Gasteiger partial charge in [0.1, 0.15) is 6.54 Å². The Morgan fingerprint density at radius 1 is 0.854 bits per heavy atom. The summed E-state index contributed by atoms with van der Waals surface area (Å²) in [6, 6.07) is 16.6. The predicted octanol–water partition coefficient (Wildman–Crippen LogP) is 7.70. The molecule has 1 unspecified atom stereocenters. The van der Waals surface area contributed by atoms with E-state index in [9.17, 15) is 21.6 Å². The Kier molecular flexibility index (Phi) is 6.18. The first-order valence-corrected chi connectivity index (χ1v) is 18.3. The van der Waals surface area contributed by atoms with Gasteiger partial charge >= 0.3 is 15.6 Å². The molecule has 9 rings (SSSR count). The van der Waals surface area contributed by atoms with Crippen LogP contribution in [0, 0.1) is 11.8 Å². The SMILES string of the molecule is CC1(C)C2=C3C=C4C(OS(=O)(=O)C(F)(F)F)=C5C=C6C7=[N+](CC[C@H]6CC5O[C@H]4C[C@H]3CCN2c2ccccc21)c1ccccc1C7(C)C. The molecule has 0 saturated heterocycles. The number of nitrogens with zero attached hydrogens (tertiary/aromatic N) is 2. The molecule has 0 saturated carbocycles. The highest BCUT2D eigenvalue weighted by Crippen LogP contribution is 2.56. The summed E-state index contributed by atoms with van der Waals surface area (Å²) in [4.78, 5) is 2.32. The van der Waals surface area contributed by atoms with Crippen LogP contribution in [0.5, 0.6) is 0 Å². The second-order valence-corrected chi connectivity index (χ2v) is 16.8. The van der Waals surface area contributed by atoms with Crippen LogP contribution in [-0.4, -0.2) is 49.5 Å². The summed E-state index contributed by atoms with van der Waals surface area (Å²) in [6.45, 7) is 10.4. The smallest absolute Gasteiger partial charge is 0.375 e. The molecule has 0 radical (unpaired) electrons. The zero-order chi connectivity index (χ0) is 33.5. The Balaban J connectivity index is 1.26. The number of halogens is 3. The largest absolute Gasteiger partial charge is 0.534 e. The van der Waals surface area contributed by atoms with Crippen molar-refractivity contribution in [3.63, 3.8) is 0 Å². The van der Waals surface area contributed by atoms with Crippen molar-refractivity contribution in [3.8, 4) is 0 Å². The van der Waals surface area contributed by atoms with Crippen LogP contribution in [0.1, 0.15) is 64.5 Å². The van der Waals surface area contributed by atoms with Gasteiger partial charge in [0.25, 0.3) is 0 Å². The van der Waals surface area contributed by atoms with E-state index in [4.69, 9.17) is 8.92 Å². The van der Waals surface area contributed by atoms with Crippen molar-refractivity contribution in [1.82, 2.24) is 0 Å². The van der Waals surface area contributed by atoms with Crippen LogP contribution < -0.4 is 4.90 Å². The Morgan fingerprint density at radius 3 is 2.31 bits per heavy atom. The van der Waals surface area contributed by atoms with Crippen molar-refractivity contribution in [1.29, 1.82) is 0 Å². The van der Waals surface area contributed by atoms with E-state index in [1.165, 1.54) is 11.1 Å². The van der Waals surface area contributed by atoms with Gasteiger partial charge < -0.3 is 13.8 Å². The summed E-state index contributed by atoms with van der Waals surface area (Å²) in [5, 5.41) is 0. The van der Waals surface area contributed by atoms with E-state index in [-0.39, 0.29) is 28.4 Å². The molecule has 4 atom stereocenters. The fourth-order valence-electron chi connectivity index (χ4n) is 9.86. The topological polar surface area (TPSA) is 58.9 Å². The highest BCUT2D eigenvalue weighted by molar-refractivity contribution is 7.87. The number of hydrogen-bond acceptors (Lipinski definition) is 5. The van der Waals surface area contributed by atoms with Crippen molar-refractivity contribution < 1.29 is 35.1 Å². The maximum absolute atomic E-state index is 14.0. The average Bonchev–Trinajstić information content (AvgIpc) is 3.42. The predicted molar refractivity (Wildman–Crippen MR) is 176 cm³/mol. The molecule has 0 N–H and O–H groups in total. The number of alkyl halides is 3. The number of allylic oxidation sites excluding steroid dienone is 4. The number of ether oxygens (including phenoxy) is 1.